The van der Waals surface area contributed by atoms with E-state index in [1.807, 2.05) is 0 Å². The highest BCUT2D eigenvalue weighted by Crippen LogP contribution is 2.50. The van der Waals surface area contributed by atoms with Crippen LogP contribution in [0.2, 0.25) is 0 Å². The highest BCUT2D eigenvalue weighted by Gasteiger charge is 2.65. The van der Waals surface area contributed by atoms with E-state index in [0.717, 1.165) is 0 Å². The number of fused-ring (bicyclic) bond motifs is 3. The molecular formula is C10H16O5. The number of hydrogen-bond donors (Lipinski definition) is 1. The molecule has 5 heteroatoms. The quantitative estimate of drug-likeness (QED) is 0.688. The second-order valence-corrected chi connectivity index (χ2v) is 5.16. The van der Waals surface area contributed by atoms with Gasteiger partial charge in [0.05, 0.1) is 39.6 Å². The number of rotatable bonds is 2. The van der Waals surface area contributed by atoms with Crippen molar-refractivity contribution >= 4 is 0 Å². The molecule has 0 saturated carbocycles. The van der Waals surface area contributed by atoms with Gasteiger partial charge >= 0.3 is 0 Å². The maximum absolute atomic E-state index is 9.45. The van der Waals surface area contributed by atoms with Crippen molar-refractivity contribution in [2.24, 2.45) is 10.8 Å². The van der Waals surface area contributed by atoms with Crippen LogP contribution in [-0.4, -0.2) is 50.7 Å². The lowest BCUT2D eigenvalue weighted by atomic mass is 9.80. The summed E-state index contributed by atoms with van der Waals surface area (Å²) in [6.07, 6.45) is 0. The Hall–Kier alpha value is -0.200. The van der Waals surface area contributed by atoms with Crippen LogP contribution in [0, 0.1) is 10.8 Å². The fraction of sp³-hybridized carbons (Fsp3) is 1.00. The van der Waals surface area contributed by atoms with E-state index in [9.17, 15) is 5.11 Å². The first-order valence-electron chi connectivity index (χ1n) is 5.24. The van der Waals surface area contributed by atoms with Crippen molar-refractivity contribution < 1.29 is 24.1 Å². The molecule has 0 radical (unpaired) electrons. The van der Waals surface area contributed by atoms with Crippen molar-refractivity contribution in [2.75, 3.05) is 39.6 Å². The molecule has 4 rings (SSSR count). The van der Waals surface area contributed by atoms with Gasteiger partial charge in [-0.25, -0.2) is 0 Å². The van der Waals surface area contributed by atoms with Crippen molar-refractivity contribution in [3.63, 3.8) is 0 Å². The van der Waals surface area contributed by atoms with Gasteiger partial charge in [-0.15, -0.1) is 0 Å². The second-order valence-electron chi connectivity index (χ2n) is 5.16. The van der Waals surface area contributed by atoms with Gasteiger partial charge in [0.25, 0.3) is 5.97 Å². The minimum atomic E-state index is -1.07. The van der Waals surface area contributed by atoms with Gasteiger partial charge in [0.15, 0.2) is 0 Å². The standard InChI is InChI=1S/C10H16O5/c1-8-3-13-10(14-4-8,15-5-8)9(2-11)6-12-7-9/h11H,2-7H2,1H3. The van der Waals surface area contributed by atoms with Crippen LogP contribution in [0.1, 0.15) is 6.92 Å². The molecule has 4 aliphatic rings. The first kappa shape index (κ1) is 9.99. The van der Waals surface area contributed by atoms with Crippen LogP contribution in [0.5, 0.6) is 0 Å². The number of aliphatic hydroxyl groups excluding tert-OH is 1. The van der Waals surface area contributed by atoms with Gasteiger partial charge in [0, 0.05) is 5.41 Å². The largest absolute Gasteiger partial charge is 0.395 e. The van der Waals surface area contributed by atoms with E-state index in [0.29, 0.717) is 33.0 Å². The van der Waals surface area contributed by atoms with Crippen molar-refractivity contribution in [1.82, 2.24) is 0 Å². The maximum atomic E-state index is 9.45. The van der Waals surface area contributed by atoms with E-state index < -0.39 is 11.4 Å². The molecule has 4 saturated heterocycles. The van der Waals surface area contributed by atoms with Gasteiger partial charge in [0.1, 0.15) is 5.41 Å². The van der Waals surface area contributed by atoms with Crippen LogP contribution in [0.25, 0.3) is 0 Å². The lowest BCUT2D eigenvalue weighted by molar-refractivity contribution is -0.524. The zero-order chi connectivity index (χ0) is 10.6. The smallest absolute Gasteiger partial charge is 0.295 e. The molecule has 0 unspecified atom stereocenters. The molecular weight excluding hydrogens is 200 g/mol. The highest BCUT2D eigenvalue weighted by molar-refractivity contribution is 4.99. The van der Waals surface area contributed by atoms with Crippen LogP contribution in [-0.2, 0) is 18.9 Å². The van der Waals surface area contributed by atoms with Gasteiger partial charge in [-0.3, -0.25) is 0 Å². The third-order valence-corrected chi connectivity index (χ3v) is 3.54. The minimum absolute atomic E-state index is 0.0380. The summed E-state index contributed by atoms with van der Waals surface area (Å²) in [5.74, 6) is -1.07. The minimum Gasteiger partial charge on any atom is -0.395 e. The Morgan fingerprint density at radius 3 is 1.87 bits per heavy atom. The Morgan fingerprint density at radius 1 is 1.00 bits per heavy atom. The second kappa shape index (κ2) is 2.93. The van der Waals surface area contributed by atoms with Gasteiger partial charge in [-0.05, 0) is 0 Å². The molecule has 4 aliphatic heterocycles. The molecule has 1 N–H and O–H groups in total. The first-order valence-corrected chi connectivity index (χ1v) is 5.24. The third-order valence-electron chi connectivity index (χ3n) is 3.54. The zero-order valence-electron chi connectivity index (χ0n) is 8.82. The molecule has 0 atom stereocenters. The summed E-state index contributed by atoms with van der Waals surface area (Å²) in [7, 11) is 0. The molecule has 5 nitrogen and oxygen atoms in total. The fourth-order valence-corrected chi connectivity index (χ4v) is 2.23. The van der Waals surface area contributed by atoms with E-state index in [2.05, 4.69) is 6.92 Å². The summed E-state index contributed by atoms with van der Waals surface area (Å²) in [5, 5.41) is 9.45. The molecule has 0 amide bonds. The monoisotopic (exact) mass is 216 g/mol. The molecule has 86 valence electrons. The summed E-state index contributed by atoms with van der Waals surface area (Å²) < 4.78 is 22.2. The predicted molar refractivity (Wildman–Crippen MR) is 49.0 cm³/mol. The SMILES string of the molecule is CC12COC(C3(CO)COC3)(OC1)OC2. The maximum Gasteiger partial charge on any atom is 0.295 e. The van der Waals surface area contributed by atoms with Crippen molar-refractivity contribution in [2.45, 2.75) is 12.9 Å². The highest BCUT2D eigenvalue weighted by atomic mass is 16.9. The van der Waals surface area contributed by atoms with Crippen LogP contribution in [0.4, 0.5) is 0 Å². The average Bonchev–Trinajstić information content (AvgIpc) is 2.19. The Bertz CT molecular complexity index is 243. The normalized spacial score (nSPS) is 47.6. The number of hydrogen-bond acceptors (Lipinski definition) is 5. The third kappa shape index (κ3) is 1.15. The van der Waals surface area contributed by atoms with Crippen LogP contribution in [0.15, 0.2) is 0 Å². The molecule has 4 fully saturated rings. The molecule has 4 heterocycles. The van der Waals surface area contributed by atoms with Crippen molar-refractivity contribution in [3.8, 4) is 0 Å². The predicted octanol–water partition coefficient (Wildman–Crippen LogP) is -0.268. The van der Waals surface area contributed by atoms with Gasteiger partial charge in [-0.2, -0.15) is 0 Å². The van der Waals surface area contributed by atoms with Crippen LogP contribution in [0.3, 0.4) is 0 Å². The summed E-state index contributed by atoms with van der Waals surface area (Å²) >= 11 is 0. The van der Waals surface area contributed by atoms with E-state index in [-0.39, 0.29) is 12.0 Å². The van der Waals surface area contributed by atoms with Gasteiger partial charge in [0.2, 0.25) is 0 Å². The van der Waals surface area contributed by atoms with Gasteiger partial charge < -0.3 is 24.1 Å². The fourth-order valence-electron chi connectivity index (χ4n) is 2.23. The Morgan fingerprint density at radius 2 is 1.53 bits per heavy atom. The van der Waals surface area contributed by atoms with Crippen LogP contribution >= 0.6 is 0 Å². The number of ether oxygens (including phenoxy) is 4. The van der Waals surface area contributed by atoms with Crippen LogP contribution < -0.4 is 0 Å². The molecule has 15 heavy (non-hydrogen) atoms. The molecule has 0 aromatic carbocycles. The molecule has 2 bridgehead atoms. The lowest BCUT2D eigenvalue weighted by Crippen LogP contribution is -2.72. The Labute approximate surface area is 88.3 Å². The van der Waals surface area contributed by atoms with E-state index in [1.165, 1.54) is 0 Å². The molecule has 0 aromatic rings. The first-order chi connectivity index (χ1) is 7.14. The van der Waals surface area contributed by atoms with Gasteiger partial charge in [-0.1, -0.05) is 6.92 Å². The summed E-state index contributed by atoms with van der Waals surface area (Å²) in [4.78, 5) is 0. The Kier molecular flexibility index (Phi) is 1.95. The molecule has 0 aromatic heterocycles. The van der Waals surface area contributed by atoms with Crippen molar-refractivity contribution in [3.05, 3.63) is 0 Å². The van der Waals surface area contributed by atoms with E-state index >= 15 is 0 Å². The van der Waals surface area contributed by atoms with E-state index in [4.69, 9.17) is 18.9 Å². The Balaban J connectivity index is 1.86. The number of aliphatic hydroxyl groups is 1. The van der Waals surface area contributed by atoms with E-state index in [1.54, 1.807) is 0 Å². The topological polar surface area (TPSA) is 57.2 Å². The molecule has 0 aliphatic carbocycles. The summed E-state index contributed by atoms with van der Waals surface area (Å²) in [6, 6.07) is 0. The molecule has 0 spiro atoms. The average molecular weight is 216 g/mol. The zero-order valence-corrected chi connectivity index (χ0v) is 8.82. The summed E-state index contributed by atoms with van der Waals surface area (Å²) in [6.45, 7) is 4.75. The lowest BCUT2D eigenvalue weighted by Gasteiger charge is -2.59. The van der Waals surface area contributed by atoms with Crippen molar-refractivity contribution in [1.29, 1.82) is 0 Å². The summed E-state index contributed by atoms with van der Waals surface area (Å²) in [5.41, 5.74) is -0.572.